The minimum Gasteiger partial charge on any atom is -0.462 e. The maximum Gasteiger partial charge on any atom is 0.338 e. The average molecular weight is 485 g/mol. The van der Waals surface area contributed by atoms with Gasteiger partial charge in [0.05, 0.1) is 30.0 Å². The summed E-state index contributed by atoms with van der Waals surface area (Å²) in [6.07, 6.45) is 2.36. The highest BCUT2D eigenvalue weighted by Crippen LogP contribution is 2.30. The number of carbonyl (C=O) groups is 4. The monoisotopic (exact) mass is 484 g/mol. The number of esters is 2. The highest BCUT2D eigenvalue weighted by atomic mass is 35.5. The van der Waals surface area contributed by atoms with Crippen molar-refractivity contribution in [3.8, 4) is 0 Å². The van der Waals surface area contributed by atoms with Gasteiger partial charge in [-0.1, -0.05) is 37.9 Å². The lowest BCUT2D eigenvalue weighted by Crippen LogP contribution is -2.32. The molecule has 0 saturated carbocycles. The standard InChI is InChI=1S/C25H25ClN2O6/c1-3-5-14-34-25(32)17-7-6-8-18(15-17)27-21-20(26)22(29)28(23(21)30)19-11-9-16(10-12-19)24(31)33-13-4-2/h6-12,15,27H,3-5,13-14H2,1-2H3. The van der Waals surface area contributed by atoms with E-state index in [0.717, 1.165) is 17.7 Å². The summed E-state index contributed by atoms with van der Waals surface area (Å²) in [5, 5.41) is 2.55. The SMILES string of the molecule is CCCCOC(=O)c1cccc(NC2=C(Cl)C(=O)N(c3ccc(C(=O)OCCC)cc3)C2=O)c1. The smallest absolute Gasteiger partial charge is 0.338 e. The third-order valence-corrected chi connectivity index (χ3v) is 5.28. The number of hydrogen-bond acceptors (Lipinski definition) is 7. The molecule has 9 heteroatoms. The minimum absolute atomic E-state index is 0.116. The third-order valence-electron chi connectivity index (χ3n) is 4.92. The zero-order chi connectivity index (χ0) is 24.7. The Bertz CT molecular complexity index is 1130. The number of nitrogens with zero attached hydrogens (tertiary/aromatic N) is 1. The van der Waals surface area contributed by atoms with E-state index in [-0.39, 0.29) is 16.4 Å². The van der Waals surface area contributed by atoms with Crippen LogP contribution in [0.2, 0.25) is 0 Å². The van der Waals surface area contributed by atoms with Crippen LogP contribution in [-0.4, -0.2) is 37.0 Å². The number of imide groups is 1. The number of benzene rings is 2. The summed E-state index contributed by atoms with van der Waals surface area (Å²) in [7, 11) is 0. The number of halogens is 1. The van der Waals surface area contributed by atoms with Crippen molar-refractivity contribution in [3.05, 3.63) is 70.4 Å². The van der Waals surface area contributed by atoms with Gasteiger partial charge < -0.3 is 14.8 Å². The van der Waals surface area contributed by atoms with E-state index in [4.69, 9.17) is 21.1 Å². The van der Waals surface area contributed by atoms with E-state index in [1.165, 1.54) is 30.3 Å². The van der Waals surface area contributed by atoms with Gasteiger partial charge >= 0.3 is 11.9 Å². The van der Waals surface area contributed by atoms with Gasteiger partial charge in [-0.05, 0) is 55.3 Å². The van der Waals surface area contributed by atoms with Crippen LogP contribution in [0.1, 0.15) is 53.8 Å². The number of nitrogens with one attached hydrogen (secondary N) is 1. The van der Waals surface area contributed by atoms with E-state index in [1.54, 1.807) is 18.2 Å². The van der Waals surface area contributed by atoms with E-state index < -0.39 is 23.8 Å². The highest BCUT2D eigenvalue weighted by Gasteiger charge is 2.39. The van der Waals surface area contributed by atoms with Crippen LogP contribution in [-0.2, 0) is 19.1 Å². The first kappa shape index (κ1) is 25.0. The van der Waals surface area contributed by atoms with Crippen LogP contribution in [0.3, 0.4) is 0 Å². The first-order valence-corrected chi connectivity index (χ1v) is 11.3. The van der Waals surface area contributed by atoms with Crippen molar-refractivity contribution in [1.82, 2.24) is 0 Å². The van der Waals surface area contributed by atoms with Crippen LogP contribution in [0, 0.1) is 0 Å². The Morgan fingerprint density at radius 2 is 1.56 bits per heavy atom. The molecule has 34 heavy (non-hydrogen) atoms. The van der Waals surface area contributed by atoms with E-state index >= 15 is 0 Å². The van der Waals surface area contributed by atoms with Crippen molar-refractivity contribution in [2.45, 2.75) is 33.1 Å². The van der Waals surface area contributed by atoms with Crippen LogP contribution in [0.25, 0.3) is 0 Å². The predicted octanol–water partition coefficient (Wildman–Crippen LogP) is 4.65. The van der Waals surface area contributed by atoms with Gasteiger partial charge in [-0.3, -0.25) is 9.59 Å². The molecular weight excluding hydrogens is 460 g/mol. The molecule has 1 aliphatic heterocycles. The van der Waals surface area contributed by atoms with Crippen LogP contribution in [0.15, 0.2) is 59.3 Å². The molecule has 0 radical (unpaired) electrons. The zero-order valence-corrected chi connectivity index (χ0v) is 19.7. The molecule has 1 aliphatic rings. The molecule has 0 fully saturated rings. The Balaban J connectivity index is 1.74. The first-order chi connectivity index (χ1) is 16.4. The van der Waals surface area contributed by atoms with Crippen LogP contribution >= 0.6 is 11.6 Å². The van der Waals surface area contributed by atoms with Gasteiger partial charge in [0.15, 0.2) is 0 Å². The lowest BCUT2D eigenvalue weighted by atomic mass is 10.2. The second kappa shape index (κ2) is 11.5. The summed E-state index contributed by atoms with van der Waals surface area (Å²) in [6.45, 7) is 4.50. The molecule has 2 aromatic rings. The third kappa shape index (κ3) is 5.63. The fourth-order valence-electron chi connectivity index (χ4n) is 3.13. The molecule has 0 aliphatic carbocycles. The molecule has 8 nitrogen and oxygen atoms in total. The summed E-state index contributed by atoms with van der Waals surface area (Å²) >= 11 is 6.18. The van der Waals surface area contributed by atoms with Gasteiger partial charge in [0, 0.05) is 5.69 Å². The Morgan fingerprint density at radius 3 is 2.24 bits per heavy atom. The second-order valence-electron chi connectivity index (χ2n) is 7.51. The fraction of sp³-hybridized carbons (Fsp3) is 0.280. The molecule has 178 valence electrons. The lowest BCUT2D eigenvalue weighted by molar-refractivity contribution is -0.120. The Hall–Kier alpha value is -3.65. The molecule has 2 aromatic carbocycles. The number of hydrogen-bond donors (Lipinski definition) is 1. The average Bonchev–Trinajstić information content (AvgIpc) is 3.06. The van der Waals surface area contributed by atoms with Gasteiger partial charge in [-0.15, -0.1) is 0 Å². The van der Waals surface area contributed by atoms with E-state index in [0.29, 0.717) is 36.4 Å². The normalized spacial score (nSPS) is 13.3. The lowest BCUT2D eigenvalue weighted by Gasteiger charge is -2.15. The van der Waals surface area contributed by atoms with Gasteiger partial charge in [-0.2, -0.15) is 0 Å². The maximum absolute atomic E-state index is 13.0. The van der Waals surface area contributed by atoms with E-state index in [1.807, 2.05) is 13.8 Å². The van der Waals surface area contributed by atoms with Crippen molar-refractivity contribution >= 4 is 46.7 Å². The molecular formula is C25H25ClN2O6. The van der Waals surface area contributed by atoms with Gasteiger partial charge in [-0.25, -0.2) is 14.5 Å². The Kier molecular flexibility index (Phi) is 8.43. The van der Waals surface area contributed by atoms with Crippen LogP contribution < -0.4 is 10.2 Å². The van der Waals surface area contributed by atoms with Crippen LogP contribution in [0.4, 0.5) is 11.4 Å². The molecule has 0 saturated heterocycles. The summed E-state index contributed by atoms with van der Waals surface area (Å²) in [6, 6.07) is 12.3. The van der Waals surface area contributed by atoms with Crippen molar-refractivity contribution in [1.29, 1.82) is 0 Å². The molecule has 0 bridgehead atoms. The molecule has 0 spiro atoms. The van der Waals surface area contributed by atoms with Crippen molar-refractivity contribution < 1.29 is 28.7 Å². The predicted molar refractivity (Wildman–Crippen MR) is 128 cm³/mol. The number of unbranched alkanes of at least 4 members (excludes halogenated alkanes) is 1. The largest absolute Gasteiger partial charge is 0.462 e. The van der Waals surface area contributed by atoms with Crippen molar-refractivity contribution in [2.24, 2.45) is 0 Å². The molecule has 3 rings (SSSR count). The van der Waals surface area contributed by atoms with Crippen LogP contribution in [0.5, 0.6) is 0 Å². The van der Waals surface area contributed by atoms with Crippen molar-refractivity contribution in [2.75, 3.05) is 23.4 Å². The summed E-state index contributed by atoms with van der Waals surface area (Å²) in [5.74, 6) is -2.33. The zero-order valence-electron chi connectivity index (χ0n) is 18.9. The summed E-state index contributed by atoms with van der Waals surface area (Å²) in [4.78, 5) is 50.8. The van der Waals surface area contributed by atoms with Gasteiger partial charge in [0.2, 0.25) is 0 Å². The topological polar surface area (TPSA) is 102 Å². The molecule has 1 N–H and O–H groups in total. The Labute approximate surface area is 202 Å². The van der Waals surface area contributed by atoms with Gasteiger partial charge in [0.1, 0.15) is 10.7 Å². The summed E-state index contributed by atoms with van der Waals surface area (Å²) < 4.78 is 10.3. The number of carbonyl (C=O) groups excluding carboxylic acids is 4. The fourth-order valence-corrected chi connectivity index (χ4v) is 3.34. The minimum atomic E-state index is -0.703. The maximum atomic E-state index is 13.0. The van der Waals surface area contributed by atoms with Crippen molar-refractivity contribution in [3.63, 3.8) is 0 Å². The first-order valence-electron chi connectivity index (χ1n) is 11.0. The van der Waals surface area contributed by atoms with Gasteiger partial charge in [0.25, 0.3) is 11.8 Å². The molecule has 0 atom stereocenters. The molecule has 0 unspecified atom stereocenters. The number of anilines is 2. The highest BCUT2D eigenvalue weighted by molar-refractivity contribution is 6.53. The molecule has 0 aromatic heterocycles. The second-order valence-corrected chi connectivity index (χ2v) is 7.89. The molecule has 2 amide bonds. The quantitative estimate of drug-likeness (QED) is 0.297. The number of amides is 2. The summed E-state index contributed by atoms with van der Waals surface area (Å²) in [5.41, 5.74) is 1.14. The Morgan fingerprint density at radius 1 is 0.882 bits per heavy atom. The number of rotatable bonds is 10. The number of ether oxygens (including phenoxy) is 2. The van der Waals surface area contributed by atoms with E-state index in [2.05, 4.69) is 5.32 Å². The van der Waals surface area contributed by atoms with E-state index in [9.17, 15) is 19.2 Å². The molecule has 1 heterocycles.